The van der Waals surface area contributed by atoms with Gasteiger partial charge in [-0.3, -0.25) is 9.69 Å². The Labute approximate surface area is 161 Å². The number of ether oxygens (including phenoxy) is 1. The first kappa shape index (κ1) is 21.5. The smallest absolute Gasteiger partial charge is 0.411 e. The summed E-state index contributed by atoms with van der Waals surface area (Å²) in [4.78, 5) is 42.7. The first-order chi connectivity index (χ1) is 12.5. The fraction of sp³-hybridized carbons (Fsp3) is 0.842. The third-order valence-corrected chi connectivity index (χ3v) is 5.41. The average molecular weight is 383 g/mol. The lowest BCUT2D eigenvalue weighted by atomic mass is 9.87. The van der Waals surface area contributed by atoms with Gasteiger partial charge in [-0.05, 0) is 66.6 Å². The second-order valence-electron chi connectivity index (χ2n) is 8.69. The van der Waals surface area contributed by atoms with Gasteiger partial charge in [0.1, 0.15) is 11.6 Å². The summed E-state index contributed by atoms with van der Waals surface area (Å²) in [6.07, 6.45) is 2.12. The number of amides is 2. The zero-order valence-electron chi connectivity index (χ0n) is 17.1. The summed E-state index contributed by atoms with van der Waals surface area (Å²) in [7, 11) is 3.81. The number of aliphatic carboxylic acids is 1. The fourth-order valence-electron chi connectivity index (χ4n) is 3.91. The van der Waals surface area contributed by atoms with E-state index in [4.69, 9.17) is 4.74 Å². The first-order valence-corrected chi connectivity index (χ1v) is 9.69. The second-order valence-corrected chi connectivity index (χ2v) is 8.69. The van der Waals surface area contributed by atoms with Gasteiger partial charge in [0.25, 0.3) is 0 Å². The Balaban J connectivity index is 2.15. The highest BCUT2D eigenvalue weighted by atomic mass is 16.6. The van der Waals surface area contributed by atoms with Gasteiger partial charge in [0.2, 0.25) is 5.91 Å². The molecule has 8 nitrogen and oxygen atoms in total. The molecular formula is C19H33N3O5. The van der Waals surface area contributed by atoms with Gasteiger partial charge in [-0.15, -0.1) is 0 Å². The van der Waals surface area contributed by atoms with E-state index in [0.29, 0.717) is 12.8 Å². The van der Waals surface area contributed by atoms with Crippen molar-refractivity contribution in [2.75, 3.05) is 33.7 Å². The molecule has 2 aliphatic heterocycles. The molecule has 1 N–H and O–H groups in total. The topological polar surface area (TPSA) is 90.4 Å². The molecule has 2 fully saturated rings. The van der Waals surface area contributed by atoms with E-state index in [1.807, 2.05) is 0 Å². The monoisotopic (exact) mass is 383 g/mol. The number of carboxylic acid groups (broad SMARTS) is 1. The molecule has 8 heteroatoms. The molecule has 154 valence electrons. The Morgan fingerprint density at radius 1 is 1.07 bits per heavy atom. The van der Waals surface area contributed by atoms with Crippen LogP contribution in [0, 0.1) is 5.92 Å². The van der Waals surface area contributed by atoms with Gasteiger partial charge in [0.15, 0.2) is 0 Å². The summed E-state index contributed by atoms with van der Waals surface area (Å²) >= 11 is 0. The maximum absolute atomic E-state index is 13.1. The molecule has 0 aromatic heterocycles. The number of hydrogen-bond donors (Lipinski definition) is 1. The Hall–Kier alpha value is -1.83. The third-order valence-electron chi connectivity index (χ3n) is 5.41. The van der Waals surface area contributed by atoms with Gasteiger partial charge in [-0.2, -0.15) is 0 Å². The number of carboxylic acids is 1. The van der Waals surface area contributed by atoms with E-state index < -0.39 is 29.6 Å². The minimum Gasteiger partial charge on any atom is -0.480 e. The van der Waals surface area contributed by atoms with Crippen LogP contribution in [0.15, 0.2) is 0 Å². The van der Waals surface area contributed by atoms with Gasteiger partial charge in [0, 0.05) is 19.6 Å². The van der Waals surface area contributed by atoms with Gasteiger partial charge >= 0.3 is 12.1 Å². The second kappa shape index (κ2) is 8.46. The van der Waals surface area contributed by atoms with Crippen molar-refractivity contribution in [1.82, 2.24) is 14.7 Å². The minimum atomic E-state index is -1.19. The lowest BCUT2D eigenvalue weighted by Crippen LogP contribution is -2.58. The summed E-state index contributed by atoms with van der Waals surface area (Å²) < 4.78 is 5.37. The van der Waals surface area contributed by atoms with Crippen LogP contribution >= 0.6 is 0 Å². The van der Waals surface area contributed by atoms with Crippen molar-refractivity contribution in [3.05, 3.63) is 0 Å². The first-order valence-electron chi connectivity index (χ1n) is 9.69. The molecule has 2 amide bonds. The van der Waals surface area contributed by atoms with E-state index in [1.54, 1.807) is 32.7 Å². The summed E-state index contributed by atoms with van der Waals surface area (Å²) in [6, 6.07) is -1.07. The highest BCUT2D eigenvalue weighted by Gasteiger charge is 2.46. The molecule has 0 radical (unpaired) electrons. The number of likely N-dealkylation sites (tertiary alicyclic amines) is 2. The zero-order valence-corrected chi connectivity index (χ0v) is 17.1. The van der Waals surface area contributed by atoms with E-state index in [1.165, 1.54) is 4.90 Å². The van der Waals surface area contributed by atoms with Crippen LogP contribution in [0.4, 0.5) is 4.79 Å². The predicted molar refractivity (Wildman–Crippen MR) is 100 cm³/mol. The highest BCUT2D eigenvalue weighted by molar-refractivity contribution is 5.89. The van der Waals surface area contributed by atoms with Crippen molar-refractivity contribution >= 4 is 18.0 Å². The molecule has 2 atom stereocenters. The van der Waals surface area contributed by atoms with Crippen molar-refractivity contribution in [2.45, 2.75) is 64.1 Å². The molecule has 27 heavy (non-hydrogen) atoms. The number of carbonyl (C=O) groups is 3. The average Bonchev–Trinajstić information content (AvgIpc) is 2.58. The molecule has 2 heterocycles. The molecule has 0 aromatic carbocycles. The summed E-state index contributed by atoms with van der Waals surface area (Å²) in [5.41, 5.74) is -0.720. The molecule has 2 aliphatic rings. The number of hydrogen-bond acceptors (Lipinski definition) is 5. The van der Waals surface area contributed by atoms with Gasteiger partial charge in [-0.1, -0.05) is 0 Å². The SMILES string of the molecule is CN1CCC(N(C)C(=O)[C@H]2CCCN(C(=O)OC(C)(C)C)[C@H]2C(=O)O)CC1. The lowest BCUT2D eigenvalue weighted by molar-refractivity contribution is -0.155. The number of nitrogens with zero attached hydrogens (tertiary/aromatic N) is 3. The van der Waals surface area contributed by atoms with Crippen LogP contribution in [0.1, 0.15) is 46.5 Å². The highest BCUT2D eigenvalue weighted by Crippen LogP contribution is 2.29. The van der Waals surface area contributed by atoms with E-state index in [9.17, 15) is 19.5 Å². The third kappa shape index (κ3) is 5.34. The largest absolute Gasteiger partial charge is 0.480 e. The maximum Gasteiger partial charge on any atom is 0.411 e. The standard InChI is InChI=1S/C19H33N3O5/c1-19(2,3)27-18(26)22-10-6-7-14(15(22)17(24)25)16(23)21(5)13-8-11-20(4)12-9-13/h13-15H,6-12H2,1-5H3,(H,24,25)/t14-,15+/m0/s1. The Bertz CT molecular complexity index is 566. The van der Waals surface area contributed by atoms with Crippen LogP contribution in [0.3, 0.4) is 0 Å². The predicted octanol–water partition coefficient (Wildman–Crippen LogP) is 1.64. The molecule has 0 unspecified atom stereocenters. The van der Waals surface area contributed by atoms with Crippen molar-refractivity contribution in [3.8, 4) is 0 Å². The van der Waals surface area contributed by atoms with Crippen LogP contribution in [-0.2, 0) is 14.3 Å². The lowest BCUT2D eigenvalue weighted by Gasteiger charge is -2.42. The van der Waals surface area contributed by atoms with Crippen LogP contribution in [0.2, 0.25) is 0 Å². The van der Waals surface area contributed by atoms with Crippen molar-refractivity contribution < 1.29 is 24.2 Å². The van der Waals surface area contributed by atoms with Gasteiger partial charge in [0.05, 0.1) is 5.92 Å². The summed E-state index contributed by atoms with van der Waals surface area (Å²) in [6.45, 7) is 7.33. The number of piperidine rings is 2. The Morgan fingerprint density at radius 2 is 1.67 bits per heavy atom. The number of rotatable bonds is 3. The quantitative estimate of drug-likeness (QED) is 0.797. The van der Waals surface area contributed by atoms with E-state index in [0.717, 1.165) is 25.9 Å². The van der Waals surface area contributed by atoms with E-state index >= 15 is 0 Å². The normalized spacial score (nSPS) is 25.1. The van der Waals surface area contributed by atoms with Crippen LogP contribution in [0.5, 0.6) is 0 Å². The molecule has 2 saturated heterocycles. The van der Waals surface area contributed by atoms with Crippen molar-refractivity contribution in [3.63, 3.8) is 0 Å². The molecule has 0 saturated carbocycles. The fourth-order valence-corrected chi connectivity index (χ4v) is 3.91. The molecule has 2 rings (SSSR count). The Kier molecular flexibility index (Phi) is 6.72. The molecular weight excluding hydrogens is 350 g/mol. The summed E-state index contributed by atoms with van der Waals surface area (Å²) in [5, 5.41) is 9.78. The molecule has 0 aliphatic carbocycles. The van der Waals surface area contributed by atoms with Gasteiger partial charge < -0.3 is 19.6 Å². The molecule has 0 spiro atoms. The number of carbonyl (C=O) groups excluding carboxylic acids is 2. The van der Waals surface area contributed by atoms with Crippen LogP contribution in [0.25, 0.3) is 0 Å². The molecule has 0 bridgehead atoms. The van der Waals surface area contributed by atoms with Crippen LogP contribution in [-0.4, -0.2) is 89.2 Å². The molecule has 0 aromatic rings. The maximum atomic E-state index is 13.1. The van der Waals surface area contributed by atoms with Gasteiger partial charge in [-0.25, -0.2) is 9.59 Å². The summed E-state index contributed by atoms with van der Waals surface area (Å²) in [5.74, 6) is -2.09. The minimum absolute atomic E-state index is 0.111. The van der Waals surface area contributed by atoms with E-state index in [2.05, 4.69) is 11.9 Å². The van der Waals surface area contributed by atoms with Crippen molar-refractivity contribution in [2.24, 2.45) is 5.92 Å². The van der Waals surface area contributed by atoms with E-state index in [-0.39, 0.29) is 18.5 Å². The van der Waals surface area contributed by atoms with Crippen molar-refractivity contribution in [1.29, 1.82) is 0 Å². The zero-order chi connectivity index (χ0) is 20.4. The Morgan fingerprint density at radius 3 is 2.19 bits per heavy atom. The van der Waals surface area contributed by atoms with Crippen LogP contribution < -0.4 is 0 Å².